The molecule has 2 atom stereocenters. The van der Waals surface area contributed by atoms with E-state index >= 15 is 0 Å². The summed E-state index contributed by atoms with van der Waals surface area (Å²) in [5, 5.41) is 12.1. The minimum Gasteiger partial charge on any atom is -0.469 e. The number of nitrogens with zero attached hydrogens (tertiary/aromatic N) is 5. The molecule has 0 aliphatic carbocycles. The summed E-state index contributed by atoms with van der Waals surface area (Å²) >= 11 is 0. The normalized spacial score (nSPS) is 18.2. The van der Waals surface area contributed by atoms with Crippen LogP contribution in [0.3, 0.4) is 0 Å². The monoisotopic (exact) mass is 452 g/mol. The van der Waals surface area contributed by atoms with E-state index < -0.39 is 18.2 Å². The highest BCUT2D eigenvalue weighted by Crippen LogP contribution is 2.26. The number of halogens is 1. The van der Waals surface area contributed by atoms with Crippen LogP contribution in [0.5, 0.6) is 5.88 Å². The van der Waals surface area contributed by atoms with Crippen LogP contribution in [0.4, 0.5) is 4.39 Å². The van der Waals surface area contributed by atoms with E-state index in [1.54, 1.807) is 24.1 Å². The molecule has 3 heterocycles. The average molecular weight is 452 g/mol. The Morgan fingerprint density at radius 3 is 2.64 bits per heavy atom. The van der Waals surface area contributed by atoms with E-state index in [9.17, 15) is 14.0 Å². The van der Waals surface area contributed by atoms with Gasteiger partial charge >= 0.3 is 0 Å². The van der Waals surface area contributed by atoms with Gasteiger partial charge in [-0.3, -0.25) is 14.3 Å². The Balaban J connectivity index is 1.42. The van der Waals surface area contributed by atoms with Crippen LogP contribution in [0.1, 0.15) is 27.9 Å². The topological polar surface area (TPSA) is 116 Å². The van der Waals surface area contributed by atoms with Crippen molar-refractivity contribution in [2.45, 2.75) is 32.0 Å². The summed E-state index contributed by atoms with van der Waals surface area (Å²) in [6, 6.07) is 9.13. The fourth-order valence-corrected chi connectivity index (χ4v) is 3.72. The molecule has 172 valence electrons. The number of aryl methyl sites for hydroxylation is 2. The Morgan fingerprint density at radius 2 is 2.00 bits per heavy atom. The first-order valence-corrected chi connectivity index (χ1v) is 10.6. The molecule has 0 saturated carbocycles. The fourth-order valence-electron chi connectivity index (χ4n) is 3.72. The molecule has 0 radical (unpaired) electrons. The lowest BCUT2D eigenvalue weighted by molar-refractivity contribution is -0.134. The number of rotatable bonds is 6. The van der Waals surface area contributed by atoms with Gasteiger partial charge in [0.05, 0.1) is 24.9 Å². The molecule has 2 aromatic heterocycles. The predicted octanol–water partition coefficient (Wildman–Crippen LogP) is 1.84. The first-order chi connectivity index (χ1) is 15.8. The molecule has 1 aliphatic heterocycles. The molecule has 1 aliphatic rings. The van der Waals surface area contributed by atoms with Gasteiger partial charge in [-0.15, -0.1) is 10.2 Å². The molecular formula is C23H25FN6O3. The molecule has 9 nitrogen and oxygen atoms in total. The lowest BCUT2D eigenvalue weighted by atomic mass is 10.0. The smallest absolute Gasteiger partial charge is 0.254 e. The second-order valence-corrected chi connectivity index (χ2v) is 8.18. The molecule has 33 heavy (non-hydrogen) atoms. The van der Waals surface area contributed by atoms with Gasteiger partial charge in [-0.1, -0.05) is 29.8 Å². The number of amides is 2. The molecule has 2 N–H and O–H groups in total. The Morgan fingerprint density at radius 1 is 1.24 bits per heavy atom. The van der Waals surface area contributed by atoms with Crippen LogP contribution in [-0.4, -0.2) is 62.1 Å². The predicted molar refractivity (Wildman–Crippen MR) is 118 cm³/mol. The SMILES string of the molecule is Cc1ccc(CC(=O)N2CC[C@@H](Oc3nnc(-c4cnn(C)c4)cc3C(N)=O)[C@@H](F)C2)cc1. The largest absolute Gasteiger partial charge is 0.469 e. The highest BCUT2D eigenvalue weighted by molar-refractivity contribution is 5.95. The van der Waals surface area contributed by atoms with Crippen LogP contribution < -0.4 is 10.5 Å². The molecule has 1 aromatic carbocycles. The van der Waals surface area contributed by atoms with Crippen LogP contribution in [0.15, 0.2) is 42.7 Å². The first-order valence-electron chi connectivity index (χ1n) is 10.6. The van der Waals surface area contributed by atoms with Crippen molar-refractivity contribution in [2.24, 2.45) is 12.8 Å². The Kier molecular flexibility index (Phi) is 6.34. The average Bonchev–Trinajstić information content (AvgIpc) is 3.23. The van der Waals surface area contributed by atoms with E-state index in [1.807, 2.05) is 31.2 Å². The van der Waals surface area contributed by atoms with Gasteiger partial charge in [0.2, 0.25) is 11.8 Å². The maximum atomic E-state index is 14.9. The summed E-state index contributed by atoms with van der Waals surface area (Å²) in [5.74, 6) is -1.02. The lowest BCUT2D eigenvalue weighted by Gasteiger charge is -2.34. The van der Waals surface area contributed by atoms with Crippen molar-refractivity contribution in [3.05, 3.63) is 59.4 Å². The molecule has 2 amide bonds. The van der Waals surface area contributed by atoms with Crippen LogP contribution >= 0.6 is 0 Å². The zero-order valence-electron chi connectivity index (χ0n) is 18.4. The Bertz CT molecular complexity index is 1160. The van der Waals surface area contributed by atoms with E-state index in [4.69, 9.17) is 10.5 Å². The van der Waals surface area contributed by atoms with Crippen molar-refractivity contribution in [3.8, 4) is 17.1 Å². The van der Waals surface area contributed by atoms with Gasteiger partial charge in [0.15, 0.2) is 6.17 Å². The molecule has 1 fully saturated rings. The number of piperidine rings is 1. The van der Waals surface area contributed by atoms with Crippen molar-refractivity contribution in [2.75, 3.05) is 13.1 Å². The first kappa shape index (κ1) is 22.4. The van der Waals surface area contributed by atoms with Crippen LogP contribution in [0, 0.1) is 6.92 Å². The van der Waals surface area contributed by atoms with Crippen molar-refractivity contribution >= 4 is 11.8 Å². The summed E-state index contributed by atoms with van der Waals surface area (Å²) in [5.41, 5.74) is 8.56. The number of alkyl halides is 1. The third-order valence-corrected chi connectivity index (χ3v) is 5.60. The van der Waals surface area contributed by atoms with E-state index in [0.717, 1.165) is 11.1 Å². The standard InChI is InChI=1S/C23H25FN6O3/c1-14-3-5-15(6-4-14)9-21(31)30-8-7-20(18(24)13-30)33-23-17(22(25)32)10-19(27-28-23)16-11-26-29(2)12-16/h3-6,10-12,18,20H,7-9,13H2,1-2H3,(H2,25,32)/t18-,20+/m0/s1. The van der Waals surface area contributed by atoms with Crippen LogP contribution in [0.2, 0.25) is 0 Å². The van der Waals surface area contributed by atoms with Gasteiger partial charge in [0.25, 0.3) is 5.91 Å². The van der Waals surface area contributed by atoms with E-state index in [0.29, 0.717) is 17.8 Å². The van der Waals surface area contributed by atoms with Gasteiger partial charge in [0.1, 0.15) is 11.7 Å². The van der Waals surface area contributed by atoms with Gasteiger partial charge in [-0.05, 0) is 18.6 Å². The second-order valence-electron chi connectivity index (χ2n) is 8.18. The molecule has 10 heteroatoms. The van der Waals surface area contributed by atoms with Gasteiger partial charge in [-0.2, -0.15) is 5.10 Å². The molecule has 0 unspecified atom stereocenters. The zero-order valence-corrected chi connectivity index (χ0v) is 18.4. The van der Waals surface area contributed by atoms with E-state index in [2.05, 4.69) is 15.3 Å². The van der Waals surface area contributed by atoms with E-state index in [1.165, 1.54) is 11.0 Å². The third-order valence-electron chi connectivity index (χ3n) is 5.60. The molecule has 4 rings (SSSR count). The minimum atomic E-state index is -1.44. The highest BCUT2D eigenvalue weighted by atomic mass is 19.1. The lowest BCUT2D eigenvalue weighted by Crippen LogP contribution is -2.49. The summed E-state index contributed by atoms with van der Waals surface area (Å²) in [7, 11) is 1.75. The number of aromatic nitrogens is 4. The minimum absolute atomic E-state index is 0.00827. The number of hydrogen-bond acceptors (Lipinski definition) is 6. The highest BCUT2D eigenvalue weighted by Gasteiger charge is 2.34. The summed E-state index contributed by atoms with van der Waals surface area (Å²) in [6.07, 6.45) is 1.45. The third kappa shape index (κ3) is 5.16. The maximum absolute atomic E-state index is 14.9. The Labute approximate surface area is 190 Å². The van der Waals surface area contributed by atoms with Crippen molar-refractivity contribution in [1.29, 1.82) is 0 Å². The van der Waals surface area contributed by atoms with Gasteiger partial charge in [0, 0.05) is 31.8 Å². The zero-order chi connectivity index (χ0) is 23.5. The molecule has 0 spiro atoms. The van der Waals surface area contributed by atoms with Crippen molar-refractivity contribution in [3.63, 3.8) is 0 Å². The van der Waals surface area contributed by atoms with Crippen LogP contribution in [-0.2, 0) is 18.3 Å². The van der Waals surface area contributed by atoms with Crippen molar-refractivity contribution < 1.29 is 18.7 Å². The number of carbonyl (C=O) groups is 2. The molecule has 0 bridgehead atoms. The summed E-state index contributed by atoms with van der Waals surface area (Å²) in [4.78, 5) is 26.1. The number of ether oxygens (including phenoxy) is 1. The number of benzene rings is 1. The van der Waals surface area contributed by atoms with Crippen LogP contribution in [0.25, 0.3) is 11.3 Å². The number of primary amides is 1. The van der Waals surface area contributed by atoms with Gasteiger partial charge < -0.3 is 15.4 Å². The number of hydrogen-bond donors (Lipinski definition) is 1. The summed E-state index contributed by atoms with van der Waals surface area (Å²) < 4.78 is 22.2. The fraction of sp³-hybridized carbons (Fsp3) is 0.348. The number of likely N-dealkylation sites (tertiary alicyclic amines) is 1. The molecule has 3 aromatic rings. The number of carbonyl (C=O) groups excluding carboxylic acids is 2. The molecular weight excluding hydrogens is 427 g/mol. The van der Waals surface area contributed by atoms with Gasteiger partial charge in [-0.25, -0.2) is 4.39 Å². The number of nitrogens with two attached hydrogens (primary N) is 1. The quantitative estimate of drug-likeness (QED) is 0.610. The Hall–Kier alpha value is -3.82. The molecule has 1 saturated heterocycles. The summed E-state index contributed by atoms with van der Waals surface area (Å²) in [6.45, 7) is 2.22. The van der Waals surface area contributed by atoms with E-state index in [-0.39, 0.29) is 36.7 Å². The second kappa shape index (κ2) is 9.35. The maximum Gasteiger partial charge on any atom is 0.254 e. The van der Waals surface area contributed by atoms with Crippen molar-refractivity contribution in [1.82, 2.24) is 24.9 Å².